The highest BCUT2D eigenvalue weighted by atomic mass is 35.5. The van der Waals surface area contributed by atoms with Crippen LogP contribution in [-0.4, -0.2) is 33.9 Å². The maximum atomic E-state index is 11.7. The second-order valence-electron chi connectivity index (χ2n) is 3.37. The van der Waals surface area contributed by atoms with E-state index in [0.717, 1.165) is 12.2 Å². The lowest BCUT2D eigenvalue weighted by atomic mass is 10.1. The SMILES string of the molecule is CSCCC1Nc2nc(Cl)ncc2NC1=O. The third-order valence-corrected chi connectivity index (χ3v) is 3.08. The minimum atomic E-state index is -0.245. The summed E-state index contributed by atoms with van der Waals surface area (Å²) in [5, 5.41) is 5.99. The van der Waals surface area contributed by atoms with Gasteiger partial charge in [-0.25, -0.2) is 4.98 Å². The monoisotopic (exact) mass is 258 g/mol. The number of halogens is 1. The van der Waals surface area contributed by atoms with Crippen molar-refractivity contribution in [2.24, 2.45) is 0 Å². The lowest BCUT2D eigenvalue weighted by Gasteiger charge is -2.25. The molecule has 1 aromatic heterocycles. The number of aromatic nitrogens is 2. The van der Waals surface area contributed by atoms with Crippen LogP contribution in [0.3, 0.4) is 0 Å². The quantitative estimate of drug-likeness (QED) is 0.807. The minimum absolute atomic E-state index is 0.0486. The van der Waals surface area contributed by atoms with Gasteiger partial charge in [0.15, 0.2) is 5.82 Å². The number of thioether (sulfide) groups is 1. The normalized spacial score (nSPS) is 18.6. The summed E-state index contributed by atoms with van der Waals surface area (Å²) < 4.78 is 0. The number of rotatable bonds is 3. The third kappa shape index (κ3) is 2.38. The molecule has 16 heavy (non-hydrogen) atoms. The summed E-state index contributed by atoms with van der Waals surface area (Å²) in [5.74, 6) is 1.46. The van der Waals surface area contributed by atoms with Crippen LogP contribution in [0.2, 0.25) is 5.28 Å². The average molecular weight is 259 g/mol. The molecule has 7 heteroatoms. The zero-order valence-corrected chi connectivity index (χ0v) is 10.2. The summed E-state index contributed by atoms with van der Waals surface area (Å²) in [6, 6.07) is -0.245. The molecule has 1 aromatic rings. The van der Waals surface area contributed by atoms with Gasteiger partial charge in [-0.3, -0.25) is 4.79 Å². The lowest BCUT2D eigenvalue weighted by molar-refractivity contribution is -0.117. The van der Waals surface area contributed by atoms with Crippen LogP contribution >= 0.6 is 23.4 Å². The molecule has 0 fully saturated rings. The van der Waals surface area contributed by atoms with Crippen LogP contribution in [0.1, 0.15) is 6.42 Å². The standard InChI is InChI=1S/C9H11ClN4OS/c1-16-3-2-5-8(15)13-6-4-11-9(10)14-7(6)12-5/h4-5H,2-3H2,1H3,(H,13,15)(H,11,12,14). The third-order valence-electron chi connectivity index (χ3n) is 2.26. The molecule has 0 saturated heterocycles. The molecule has 0 bridgehead atoms. The first-order valence-electron chi connectivity index (χ1n) is 4.79. The van der Waals surface area contributed by atoms with Gasteiger partial charge in [0.1, 0.15) is 11.7 Å². The predicted octanol–water partition coefficient (Wildman–Crippen LogP) is 1.62. The number of hydrogen-bond acceptors (Lipinski definition) is 5. The number of hydrogen-bond donors (Lipinski definition) is 2. The minimum Gasteiger partial charge on any atom is -0.356 e. The summed E-state index contributed by atoms with van der Waals surface area (Å²) in [5.41, 5.74) is 0.579. The van der Waals surface area contributed by atoms with Crippen molar-refractivity contribution in [3.05, 3.63) is 11.5 Å². The summed E-state index contributed by atoms with van der Waals surface area (Å²) in [7, 11) is 0. The highest BCUT2D eigenvalue weighted by Crippen LogP contribution is 2.25. The fraction of sp³-hybridized carbons (Fsp3) is 0.444. The smallest absolute Gasteiger partial charge is 0.247 e. The Kier molecular flexibility index (Phi) is 3.50. The molecule has 2 N–H and O–H groups in total. The Morgan fingerprint density at radius 3 is 3.19 bits per heavy atom. The van der Waals surface area contributed by atoms with Crippen molar-refractivity contribution in [3.63, 3.8) is 0 Å². The van der Waals surface area contributed by atoms with Gasteiger partial charge in [0.2, 0.25) is 11.2 Å². The molecule has 86 valence electrons. The van der Waals surface area contributed by atoms with Gasteiger partial charge < -0.3 is 10.6 Å². The van der Waals surface area contributed by atoms with Gasteiger partial charge in [-0.2, -0.15) is 16.7 Å². The number of anilines is 2. The fourth-order valence-electron chi connectivity index (χ4n) is 1.45. The van der Waals surface area contributed by atoms with E-state index in [-0.39, 0.29) is 17.2 Å². The van der Waals surface area contributed by atoms with Gasteiger partial charge in [-0.15, -0.1) is 0 Å². The molecule has 1 amide bonds. The Balaban J connectivity index is 2.16. The van der Waals surface area contributed by atoms with E-state index >= 15 is 0 Å². The van der Waals surface area contributed by atoms with Gasteiger partial charge in [-0.1, -0.05) is 0 Å². The van der Waals surface area contributed by atoms with Crippen molar-refractivity contribution in [1.82, 2.24) is 9.97 Å². The number of carbonyl (C=O) groups is 1. The summed E-state index contributed by atoms with van der Waals surface area (Å²) in [6.07, 6.45) is 4.27. The van der Waals surface area contributed by atoms with Gasteiger partial charge in [0.05, 0.1) is 6.20 Å². The van der Waals surface area contributed by atoms with Gasteiger partial charge in [0, 0.05) is 0 Å². The molecule has 5 nitrogen and oxygen atoms in total. The maximum absolute atomic E-state index is 11.7. The molecule has 1 aliphatic heterocycles. The lowest BCUT2D eigenvalue weighted by Crippen LogP contribution is -2.39. The van der Waals surface area contributed by atoms with Crippen molar-refractivity contribution in [2.45, 2.75) is 12.5 Å². The Morgan fingerprint density at radius 2 is 2.44 bits per heavy atom. The largest absolute Gasteiger partial charge is 0.356 e. The van der Waals surface area contributed by atoms with E-state index in [0.29, 0.717) is 11.5 Å². The summed E-state index contributed by atoms with van der Waals surface area (Å²) in [4.78, 5) is 19.5. The first-order valence-corrected chi connectivity index (χ1v) is 6.57. The van der Waals surface area contributed by atoms with Crippen LogP contribution in [0.5, 0.6) is 0 Å². The zero-order chi connectivity index (χ0) is 11.5. The van der Waals surface area contributed by atoms with Crippen LogP contribution in [0.15, 0.2) is 6.20 Å². The summed E-state index contributed by atoms with van der Waals surface area (Å²) >= 11 is 7.39. The van der Waals surface area contributed by atoms with Gasteiger partial charge >= 0.3 is 0 Å². The van der Waals surface area contributed by atoms with E-state index in [4.69, 9.17) is 11.6 Å². The highest BCUT2D eigenvalue weighted by Gasteiger charge is 2.26. The Labute approximate surface area is 102 Å². The number of carbonyl (C=O) groups excluding carboxylic acids is 1. The number of fused-ring (bicyclic) bond motifs is 1. The Morgan fingerprint density at radius 1 is 1.62 bits per heavy atom. The Hall–Kier alpha value is -1.01. The fourth-order valence-corrected chi connectivity index (χ4v) is 2.06. The second-order valence-corrected chi connectivity index (χ2v) is 4.69. The molecule has 2 rings (SSSR count). The molecule has 0 radical (unpaired) electrons. The second kappa shape index (κ2) is 4.88. The average Bonchev–Trinajstić information content (AvgIpc) is 2.27. The van der Waals surface area contributed by atoms with Crippen molar-refractivity contribution >= 4 is 40.8 Å². The van der Waals surface area contributed by atoms with Crippen LogP contribution in [0.25, 0.3) is 0 Å². The highest BCUT2D eigenvalue weighted by molar-refractivity contribution is 7.98. The van der Waals surface area contributed by atoms with Crippen molar-refractivity contribution in [3.8, 4) is 0 Å². The summed E-state index contributed by atoms with van der Waals surface area (Å²) in [6.45, 7) is 0. The van der Waals surface area contributed by atoms with E-state index in [2.05, 4.69) is 20.6 Å². The molecule has 0 spiro atoms. The first-order chi connectivity index (χ1) is 7.70. The van der Waals surface area contributed by atoms with Crippen molar-refractivity contribution < 1.29 is 4.79 Å². The van der Waals surface area contributed by atoms with Crippen molar-refractivity contribution in [1.29, 1.82) is 0 Å². The molecule has 0 aromatic carbocycles. The van der Waals surface area contributed by atoms with E-state index in [9.17, 15) is 4.79 Å². The van der Waals surface area contributed by atoms with Gasteiger partial charge in [-0.05, 0) is 30.0 Å². The molecule has 1 unspecified atom stereocenters. The van der Waals surface area contributed by atoms with Crippen LogP contribution in [0, 0.1) is 0 Å². The molecule has 2 heterocycles. The molecule has 1 atom stereocenters. The maximum Gasteiger partial charge on any atom is 0.247 e. The molecule has 0 aliphatic carbocycles. The van der Waals surface area contributed by atoms with E-state index < -0.39 is 0 Å². The van der Waals surface area contributed by atoms with Crippen LogP contribution in [0.4, 0.5) is 11.5 Å². The molecule has 0 saturated carbocycles. The van der Waals surface area contributed by atoms with Crippen molar-refractivity contribution in [2.75, 3.05) is 22.6 Å². The molecule has 1 aliphatic rings. The number of amides is 1. The Bertz CT molecular complexity index is 414. The van der Waals surface area contributed by atoms with Gasteiger partial charge in [0.25, 0.3) is 0 Å². The van der Waals surface area contributed by atoms with Crippen LogP contribution in [-0.2, 0) is 4.79 Å². The molecular weight excluding hydrogens is 248 g/mol. The predicted molar refractivity (Wildman–Crippen MR) is 66.1 cm³/mol. The van der Waals surface area contributed by atoms with E-state index in [1.807, 2.05) is 6.26 Å². The number of nitrogens with zero attached hydrogens (tertiary/aromatic N) is 2. The van der Waals surface area contributed by atoms with E-state index in [1.54, 1.807) is 11.8 Å². The van der Waals surface area contributed by atoms with E-state index in [1.165, 1.54) is 6.20 Å². The topological polar surface area (TPSA) is 66.9 Å². The number of nitrogens with one attached hydrogen (secondary N) is 2. The van der Waals surface area contributed by atoms with Crippen LogP contribution < -0.4 is 10.6 Å². The zero-order valence-electron chi connectivity index (χ0n) is 8.66. The molecular formula is C9H11ClN4OS. The first kappa shape index (κ1) is 11.5.